The van der Waals surface area contributed by atoms with Crippen LogP contribution in [-0.4, -0.2) is 27.1 Å². The van der Waals surface area contributed by atoms with Crippen molar-refractivity contribution in [3.05, 3.63) is 95.8 Å². The highest BCUT2D eigenvalue weighted by atomic mass is 32.2. The van der Waals surface area contributed by atoms with Crippen molar-refractivity contribution in [2.45, 2.75) is 5.75 Å². The molecule has 6 heteroatoms. The topological polar surface area (TPSA) is 64.3 Å². The summed E-state index contributed by atoms with van der Waals surface area (Å²) in [6.45, 7) is 0. The molecule has 0 unspecified atom stereocenters. The van der Waals surface area contributed by atoms with Gasteiger partial charge >= 0.3 is 0 Å². The van der Waals surface area contributed by atoms with E-state index in [-0.39, 0.29) is 0 Å². The molecule has 0 saturated carbocycles. The van der Waals surface area contributed by atoms with Gasteiger partial charge in [0.2, 0.25) is 0 Å². The van der Waals surface area contributed by atoms with E-state index >= 15 is 0 Å². The van der Waals surface area contributed by atoms with E-state index in [4.69, 9.17) is 0 Å². The molecule has 152 valence electrons. The fourth-order valence-electron chi connectivity index (χ4n) is 2.48. The molecular formula is C23H26N2O3S. The van der Waals surface area contributed by atoms with Crippen molar-refractivity contribution in [1.82, 2.24) is 0 Å². The van der Waals surface area contributed by atoms with E-state index in [1.807, 2.05) is 11.6 Å². The molecule has 2 aromatic carbocycles. The molecule has 0 saturated heterocycles. The summed E-state index contributed by atoms with van der Waals surface area (Å²) in [5.41, 5.74) is 4.18. The van der Waals surface area contributed by atoms with Crippen LogP contribution in [0.25, 0.3) is 12.2 Å². The van der Waals surface area contributed by atoms with Crippen LogP contribution in [0.2, 0.25) is 0 Å². The molecule has 0 bridgehead atoms. The lowest BCUT2D eigenvalue weighted by Gasteiger charge is -2.11. The Morgan fingerprint density at radius 2 is 1.38 bits per heavy atom. The highest BCUT2D eigenvalue weighted by Crippen LogP contribution is 2.14. The van der Waals surface area contributed by atoms with Gasteiger partial charge in [0.05, 0.1) is 15.9 Å². The average Bonchev–Trinajstić information content (AvgIpc) is 2.68. The van der Waals surface area contributed by atoms with Gasteiger partial charge in [0.1, 0.15) is 7.05 Å². The number of benzene rings is 2. The Morgan fingerprint density at radius 3 is 1.86 bits per heavy atom. The lowest BCUT2D eigenvalue weighted by Crippen LogP contribution is -2.25. The van der Waals surface area contributed by atoms with Crippen LogP contribution in [0.15, 0.2) is 79.1 Å². The van der Waals surface area contributed by atoms with Crippen molar-refractivity contribution >= 4 is 28.0 Å². The Labute approximate surface area is 173 Å². The summed E-state index contributed by atoms with van der Waals surface area (Å²) in [6.07, 6.45) is 8.36. The molecule has 0 fully saturated rings. The third kappa shape index (κ3) is 8.72. The van der Waals surface area contributed by atoms with Crippen molar-refractivity contribution in [1.29, 1.82) is 0 Å². The van der Waals surface area contributed by atoms with E-state index in [0.29, 0.717) is 5.56 Å². The maximum absolute atomic E-state index is 10.2. The minimum atomic E-state index is -4.13. The van der Waals surface area contributed by atoms with E-state index in [9.17, 15) is 13.0 Å². The first-order valence-electron chi connectivity index (χ1n) is 9.11. The minimum Gasteiger partial charge on any atom is -0.748 e. The largest absolute Gasteiger partial charge is 0.748 e. The first kappa shape index (κ1) is 22.3. The van der Waals surface area contributed by atoms with E-state index in [2.05, 4.69) is 79.9 Å². The van der Waals surface area contributed by atoms with Crippen LogP contribution in [0.1, 0.15) is 16.7 Å². The van der Waals surface area contributed by atoms with Crippen LogP contribution in [0.4, 0.5) is 5.69 Å². The molecule has 0 radical (unpaired) electrons. The molecule has 0 aliphatic carbocycles. The maximum atomic E-state index is 10.2. The summed E-state index contributed by atoms with van der Waals surface area (Å²) in [5, 5.41) is 0. The number of hydrogen-bond donors (Lipinski definition) is 0. The monoisotopic (exact) mass is 410 g/mol. The fraction of sp³-hybridized carbons (Fsp3) is 0.174. The van der Waals surface area contributed by atoms with Crippen LogP contribution in [0, 0.1) is 0 Å². The van der Waals surface area contributed by atoms with Crippen LogP contribution in [-0.2, 0) is 22.9 Å². The number of aryl methyl sites for hydroxylation is 1. The van der Waals surface area contributed by atoms with Gasteiger partial charge in [-0.3, -0.25) is 0 Å². The van der Waals surface area contributed by atoms with Crippen molar-refractivity contribution in [2.24, 2.45) is 7.05 Å². The minimum absolute atomic E-state index is 0.423. The van der Waals surface area contributed by atoms with Crippen molar-refractivity contribution in [3.8, 4) is 0 Å². The third-order valence-corrected chi connectivity index (χ3v) is 4.76. The Balaban J connectivity index is 0.000000234. The van der Waals surface area contributed by atoms with Crippen LogP contribution in [0.3, 0.4) is 0 Å². The predicted octanol–water partition coefficient (Wildman–Crippen LogP) is 3.48. The third-order valence-electron chi connectivity index (χ3n) is 4.07. The number of anilines is 1. The maximum Gasteiger partial charge on any atom is 0.169 e. The number of pyridine rings is 1. The second-order valence-corrected chi connectivity index (χ2v) is 8.21. The van der Waals surface area contributed by atoms with Gasteiger partial charge in [-0.05, 0) is 28.8 Å². The zero-order valence-electron chi connectivity index (χ0n) is 16.9. The highest BCUT2D eigenvalue weighted by molar-refractivity contribution is 7.84. The highest BCUT2D eigenvalue weighted by Gasteiger charge is 1.96. The van der Waals surface area contributed by atoms with E-state index in [1.54, 1.807) is 30.3 Å². The zero-order valence-corrected chi connectivity index (χ0v) is 17.7. The summed E-state index contributed by atoms with van der Waals surface area (Å²) in [5.74, 6) is -0.423. The average molecular weight is 411 g/mol. The van der Waals surface area contributed by atoms with Crippen molar-refractivity contribution < 1.29 is 17.5 Å². The second kappa shape index (κ2) is 10.5. The molecule has 1 heterocycles. The van der Waals surface area contributed by atoms with Crippen molar-refractivity contribution in [3.63, 3.8) is 0 Å². The number of hydrogen-bond acceptors (Lipinski definition) is 4. The summed E-state index contributed by atoms with van der Waals surface area (Å²) < 4.78 is 32.8. The molecular weight excluding hydrogens is 384 g/mol. The Bertz CT molecular complexity index is 1010. The predicted molar refractivity (Wildman–Crippen MR) is 117 cm³/mol. The lowest BCUT2D eigenvalue weighted by molar-refractivity contribution is -0.671. The van der Waals surface area contributed by atoms with E-state index < -0.39 is 15.9 Å². The Morgan fingerprint density at radius 1 is 0.862 bits per heavy atom. The summed E-state index contributed by atoms with van der Waals surface area (Å²) >= 11 is 0. The molecule has 29 heavy (non-hydrogen) atoms. The smallest absolute Gasteiger partial charge is 0.169 e. The van der Waals surface area contributed by atoms with Crippen LogP contribution >= 0.6 is 0 Å². The standard InChI is InChI=1S/C16H19N2.C7H8O3S/c1-17(2)16-8-6-14(7-9-16)4-5-15-10-12-18(3)13-11-15;8-11(9,10)6-7-4-2-1-3-5-7/h4-13H,1-3H3;1-5H,6H2,(H,8,9,10)/q+1;/p-1. The van der Waals surface area contributed by atoms with Crippen molar-refractivity contribution in [2.75, 3.05) is 19.0 Å². The first-order valence-corrected chi connectivity index (χ1v) is 10.7. The molecule has 0 N–H and O–H groups in total. The fourth-order valence-corrected chi connectivity index (χ4v) is 3.08. The van der Waals surface area contributed by atoms with Gasteiger partial charge in [-0.1, -0.05) is 54.6 Å². The molecule has 0 amide bonds. The molecule has 0 atom stereocenters. The van der Waals surface area contributed by atoms with Crippen LogP contribution in [0.5, 0.6) is 0 Å². The van der Waals surface area contributed by atoms with Gasteiger partial charge in [0.15, 0.2) is 12.4 Å². The van der Waals surface area contributed by atoms with E-state index in [1.165, 1.54) is 16.8 Å². The summed E-state index contributed by atoms with van der Waals surface area (Å²) in [4.78, 5) is 2.10. The Kier molecular flexibility index (Phi) is 8.12. The molecule has 3 aromatic rings. The van der Waals surface area contributed by atoms with Gasteiger partial charge < -0.3 is 9.45 Å². The molecule has 0 spiro atoms. The van der Waals surface area contributed by atoms with Gasteiger partial charge in [0.25, 0.3) is 0 Å². The summed E-state index contributed by atoms with van der Waals surface area (Å²) in [7, 11) is 1.99. The molecule has 1 aromatic heterocycles. The first-order chi connectivity index (χ1) is 13.7. The summed E-state index contributed by atoms with van der Waals surface area (Å²) in [6, 6.07) is 21.1. The quantitative estimate of drug-likeness (QED) is 0.477. The number of aromatic nitrogens is 1. The normalized spacial score (nSPS) is 11.0. The Hall–Kier alpha value is -2.96. The number of rotatable bonds is 5. The van der Waals surface area contributed by atoms with Gasteiger partial charge in [-0.15, -0.1) is 0 Å². The molecule has 0 aliphatic heterocycles. The van der Waals surface area contributed by atoms with Gasteiger partial charge in [-0.25, -0.2) is 13.0 Å². The molecule has 0 aliphatic rings. The van der Waals surface area contributed by atoms with Gasteiger partial charge in [-0.2, -0.15) is 0 Å². The molecule has 3 rings (SSSR count). The lowest BCUT2D eigenvalue weighted by atomic mass is 10.1. The molecule has 5 nitrogen and oxygen atoms in total. The second-order valence-electron chi connectivity index (χ2n) is 6.80. The SMILES string of the molecule is CN(C)c1ccc(/C=C/c2cc[n+](C)cc2)cc1.O=S(=O)([O-])Cc1ccccc1. The number of nitrogens with zero attached hydrogens (tertiary/aromatic N) is 2. The zero-order chi connectivity index (χ0) is 21.3. The van der Waals surface area contributed by atoms with E-state index in [0.717, 1.165) is 0 Å². The van der Waals surface area contributed by atoms with Gasteiger partial charge in [0, 0.05) is 31.9 Å². The van der Waals surface area contributed by atoms with Crippen LogP contribution < -0.4 is 9.47 Å².